The molecule has 0 aromatic heterocycles. The Morgan fingerprint density at radius 3 is 2.61 bits per heavy atom. The Kier molecular flexibility index (Phi) is 4.18. The quantitative estimate of drug-likeness (QED) is 0.776. The molecule has 4 nitrogen and oxygen atoms in total. The van der Waals surface area contributed by atoms with Crippen molar-refractivity contribution in [3.05, 3.63) is 53.1 Å². The van der Waals surface area contributed by atoms with Gasteiger partial charge in [-0.3, -0.25) is 0 Å². The fourth-order valence-corrected chi connectivity index (χ4v) is 3.33. The van der Waals surface area contributed by atoms with Crippen molar-refractivity contribution >= 4 is 11.9 Å². The molecule has 0 spiro atoms. The number of halogens is 1. The Bertz CT molecular complexity index is 774. The molecule has 1 atom stereocenters. The smallest absolute Gasteiger partial charge is 0.253 e. The Morgan fingerprint density at radius 1 is 1.09 bits per heavy atom. The highest BCUT2D eigenvalue weighted by molar-refractivity contribution is 5.86. The number of para-hydroxylation sites is 1. The molecule has 0 saturated heterocycles. The lowest BCUT2D eigenvalue weighted by molar-refractivity contribution is -0.566. The molecule has 23 heavy (non-hydrogen) atoms. The summed E-state index contributed by atoms with van der Waals surface area (Å²) in [5.74, 6) is 1.58. The van der Waals surface area contributed by atoms with Gasteiger partial charge in [0.25, 0.3) is 6.17 Å². The number of hydrogen-bond donors (Lipinski definition) is 1. The van der Waals surface area contributed by atoms with E-state index in [0.717, 1.165) is 24.5 Å². The SMILES string of the molecule is COc1cc2c(cc1OC)C1Nc3ccccc3C=[N+]1CC2.[Cl-]. The maximum Gasteiger partial charge on any atom is 0.253 e. The van der Waals surface area contributed by atoms with Crippen LogP contribution < -0.4 is 27.2 Å². The fraction of sp³-hybridized carbons (Fsp3) is 0.278. The first-order chi connectivity index (χ1) is 10.8. The van der Waals surface area contributed by atoms with E-state index < -0.39 is 0 Å². The Morgan fingerprint density at radius 2 is 1.83 bits per heavy atom. The molecule has 0 radical (unpaired) electrons. The molecule has 2 heterocycles. The number of ether oxygens (including phenoxy) is 2. The molecule has 2 aliphatic heterocycles. The molecule has 5 heteroatoms. The monoisotopic (exact) mass is 330 g/mol. The van der Waals surface area contributed by atoms with Crippen LogP contribution in [0.3, 0.4) is 0 Å². The molecule has 2 aromatic rings. The van der Waals surface area contributed by atoms with E-state index in [0.29, 0.717) is 0 Å². The van der Waals surface area contributed by atoms with Gasteiger partial charge in [-0.1, -0.05) is 12.1 Å². The van der Waals surface area contributed by atoms with E-state index in [1.807, 2.05) is 0 Å². The summed E-state index contributed by atoms with van der Waals surface area (Å²) in [6.07, 6.45) is 3.40. The topological polar surface area (TPSA) is 33.5 Å². The van der Waals surface area contributed by atoms with E-state index in [2.05, 4.69) is 52.5 Å². The van der Waals surface area contributed by atoms with Crippen molar-refractivity contribution < 1.29 is 26.5 Å². The summed E-state index contributed by atoms with van der Waals surface area (Å²) in [7, 11) is 3.36. The molecule has 0 saturated carbocycles. The van der Waals surface area contributed by atoms with Crippen LogP contribution in [0.5, 0.6) is 11.5 Å². The van der Waals surface area contributed by atoms with Crippen LogP contribution in [0.2, 0.25) is 0 Å². The van der Waals surface area contributed by atoms with Crippen molar-refractivity contribution in [2.24, 2.45) is 0 Å². The third-order valence-electron chi connectivity index (χ3n) is 4.47. The normalized spacial score (nSPS) is 17.5. The van der Waals surface area contributed by atoms with Gasteiger partial charge in [-0.25, -0.2) is 4.58 Å². The van der Waals surface area contributed by atoms with Crippen LogP contribution in [0.15, 0.2) is 36.4 Å². The second kappa shape index (κ2) is 6.13. The Balaban J connectivity index is 0.00000156. The minimum atomic E-state index is 0. The van der Waals surface area contributed by atoms with Crippen LogP contribution >= 0.6 is 0 Å². The minimum Gasteiger partial charge on any atom is -1.00 e. The summed E-state index contributed by atoms with van der Waals surface area (Å²) >= 11 is 0. The zero-order valence-corrected chi connectivity index (χ0v) is 13.9. The highest BCUT2D eigenvalue weighted by Gasteiger charge is 2.34. The molecule has 2 aliphatic rings. The van der Waals surface area contributed by atoms with Crippen molar-refractivity contribution in [2.75, 3.05) is 26.1 Å². The van der Waals surface area contributed by atoms with Gasteiger partial charge in [0.05, 0.1) is 25.5 Å². The van der Waals surface area contributed by atoms with Crippen molar-refractivity contribution in [1.29, 1.82) is 0 Å². The molecule has 0 fully saturated rings. The lowest BCUT2D eigenvalue weighted by atomic mass is 9.95. The van der Waals surface area contributed by atoms with Gasteiger partial charge in [0.1, 0.15) is 6.54 Å². The molecular weight excluding hydrogens is 312 g/mol. The molecule has 2 aromatic carbocycles. The van der Waals surface area contributed by atoms with E-state index in [4.69, 9.17) is 9.47 Å². The van der Waals surface area contributed by atoms with Crippen molar-refractivity contribution in [3.63, 3.8) is 0 Å². The predicted octanol–water partition coefficient (Wildman–Crippen LogP) is -0.180. The van der Waals surface area contributed by atoms with Crippen LogP contribution in [-0.4, -0.2) is 31.6 Å². The van der Waals surface area contributed by atoms with Crippen LogP contribution in [0.25, 0.3) is 0 Å². The lowest BCUT2D eigenvalue weighted by Crippen LogP contribution is -3.00. The summed E-state index contributed by atoms with van der Waals surface area (Å²) in [5.41, 5.74) is 4.99. The Hall–Kier alpha value is -2.20. The number of fused-ring (bicyclic) bond motifs is 4. The van der Waals surface area contributed by atoms with Gasteiger partial charge in [0, 0.05) is 12.0 Å². The van der Waals surface area contributed by atoms with E-state index in [-0.39, 0.29) is 18.6 Å². The average molecular weight is 331 g/mol. The van der Waals surface area contributed by atoms with Crippen molar-refractivity contribution in [1.82, 2.24) is 0 Å². The number of rotatable bonds is 2. The summed E-state index contributed by atoms with van der Waals surface area (Å²) in [6, 6.07) is 12.6. The largest absolute Gasteiger partial charge is 1.00 e. The molecule has 1 N–H and O–H groups in total. The summed E-state index contributed by atoms with van der Waals surface area (Å²) in [5, 5.41) is 3.64. The highest BCUT2D eigenvalue weighted by atomic mass is 35.5. The number of benzene rings is 2. The fourth-order valence-electron chi connectivity index (χ4n) is 3.33. The molecule has 4 rings (SSSR count). The molecule has 120 valence electrons. The molecule has 0 aliphatic carbocycles. The van der Waals surface area contributed by atoms with Crippen LogP contribution in [-0.2, 0) is 6.42 Å². The van der Waals surface area contributed by atoms with Gasteiger partial charge in [0.2, 0.25) is 0 Å². The number of nitrogens with one attached hydrogen (secondary N) is 1. The van der Waals surface area contributed by atoms with Gasteiger partial charge < -0.3 is 27.2 Å². The zero-order valence-electron chi connectivity index (χ0n) is 13.2. The van der Waals surface area contributed by atoms with Gasteiger partial charge in [-0.15, -0.1) is 0 Å². The van der Waals surface area contributed by atoms with Crippen molar-refractivity contribution in [3.8, 4) is 11.5 Å². The second-order valence-electron chi connectivity index (χ2n) is 5.66. The molecule has 0 amide bonds. The van der Waals surface area contributed by atoms with Gasteiger partial charge in [0.15, 0.2) is 17.7 Å². The number of methoxy groups -OCH3 is 2. The molecule has 0 bridgehead atoms. The summed E-state index contributed by atoms with van der Waals surface area (Å²) < 4.78 is 13.3. The lowest BCUT2D eigenvalue weighted by Gasteiger charge is -2.29. The second-order valence-corrected chi connectivity index (χ2v) is 5.66. The average Bonchev–Trinajstić information content (AvgIpc) is 2.58. The summed E-state index contributed by atoms with van der Waals surface area (Å²) in [6.45, 7) is 0.995. The van der Waals surface area contributed by atoms with E-state index >= 15 is 0 Å². The molecule has 1 unspecified atom stereocenters. The van der Waals surface area contributed by atoms with Gasteiger partial charge in [-0.2, -0.15) is 0 Å². The first-order valence-corrected chi connectivity index (χ1v) is 7.51. The van der Waals surface area contributed by atoms with E-state index in [1.54, 1.807) is 14.2 Å². The summed E-state index contributed by atoms with van der Waals surface area (Å²) in [4.78, 5) is 0. The maximum absolute atomic E-state index is 5.47. The van der Waals surface area contributed by atoms with Gasteiger partial charge >= 0.3 is 0 Å². The van der Waals surface area contributed by atoms with Crippen LogP contribution in [0, 0.1) is 0 Å². The first kappa shape index (κ1) is 15.7. The predicted molar refractivity (Wildman–Crippen MR) is 86.3 cm³/mol. The number of nitrogens with zero attached hydrogens (tertiary/aromatic N) is 1. The van der Waals surface area contributed by atoms with Crippen LogP contribution in [0.4, 0.5) is 5.69 Å². The third-order valence-corrected chi connectivity index (χ3v) is 4.47. The van der Waals surface area contributed by atoms with E-state index in [1.165, 1.54) is 22.4 Å². The van der Waals surface area contributed by atoms with Gasteiger partial charge in [-0.05, 0) is 29.8 Å². The molecular formula is C18H19ClN2O2. The Labute approximate surface area is 142 Å². The minimum absolute atomic E-state index is 0. The number of anilines is 1. The zero-order chi connectivity index (χ0) is 15.1. The van der Waals surface area contributed by atoms with Crippen LogP contribution in [0.1, 0.15) is 22.9 Å². The maximum atomic E-state index is 5.47. The standard InChI is InChI=1S/C18H18N2O2.ClH/c1-21-16-9-12-7-8-20-11-13-5-3-4-6-15(13)19-18(20)14(12)10-17(16)22-2;/h3-6,9-11,18H,7-8H2,1-2H3;1H. The first-order valence-electron chi connectivity index (χ1n) is 7.51. The third kappa shape index (κ3) is 2.53. The van der Waals surface area contributed by atoms with E-state index in [9.17, 15) is 0 Å². The number of hydrogen-bond acceptors (Lipinski definition) is 3. The van der Waals surface area contributed by atoms with Crippen molar-refractivity contribution in [2.45, 2.75) is 12.6 Å². The highest BCUT2D eigenvalue weighted by Crippen LogP contribution is 2.38.